The number of nitrogens with one attached hydrogen (secondary N) is 1. The highest BCUT2D eigenvalue weighted by molar-refractivity contribution is 7.16. The van der Waals surface area contributed by atoms with Crippen LogP contribution in [0.4, 0.5) is 9.52 Å². The second kappa shape index (κ2) is 6.71. The largest absolute Gasteiger partial charge is 0.298 e. The fourth-order valence-electron chi connectivity index (χ4n) is 2.24. The molecule has 0 atom stereocenters. The predicted molar refractivity (Wildman–Crippen MR) is 91.3 cm³/mol. The number of hydrogen-bond donors (Lipinski definition) is 1. The molecule has 0 fully saturated rings. The maximum Gasteiger partial charge on any atom is 0.257 e. The molecular formula is C18H15FN2OS. The Hall–Kier alpha value is -2.53. The van der Waals surface area contributed by atoms with E-state index in [1.807, 2.05) is 30.3 Å². The topological polar surface area (TPSA) is 42.0 Å². The Morgan fingerprint density at radius 1 is 1.13 bits per heavy atom. The molecule has 0 saturated carbocycles. The third kappa shape index (κ3) is 3.46. The van der Waals surface area contributed by atoms with Gasteiger partial charge in [0.05, 0.1) is 5.69 Å². The van der Waals surface area contributed by atoms with E-state index < -0.39 is 0 Å². The summed E-state index contributed by atoms with van der Waals surface area (Å²) in [5, 5.41) is 3.34. The second-order valence-electron chi connectivity index (χ2n) is 4.97. The normalized spacial score (nSPS) is 10.5. The zero-order chi connectivity index (χ0) is 16.2. The maximum absolute atomic E-state index is 12.9. The molecule has 0 spiro atoms. The first-order valence-electron chi connectivity index (χ1n) is 7.29. The quantitative estimate of drug-likeness (QED) is 0.751. The Morgan fingerprint density at radius 2 is 1.83 bits per heavy atom. The molecule has 1 aromatic heterocycles. The fraction of sp³-hybridized carbons (Fsp3) is 0.111. The zero-order valence-electron chi connectivity index (χ0n) is 12.5. The number of aromatic nitrogens is 1. The molecule has 5 heteroatoms. The summed E-state index contributed by atoms with van der Waals surface area (Å²) in [7, 11) is 0. The minimum absolute atomic E-state index is 0.291. The summed E-state index contributed by atoms with van der Waals surface area (Å²) in [5.41, 5.74) is 2.33. The fourth-order valence-corrected chi connectivity index (χ4v) is 3.16. The summed E-state index contributed by atoms with van der Waals surface area (Å²) in [5.74, 6) is -0.656. The van der Waals surface area contributed by atoms with Crippen LogP contribution in [0.25, 0.3) is 11.3 Å². The highest BCUT2D eigenvalue weighted by Gasteiger charge is 2.14. The van der Waals surface area contributed by atoms with Gasteiger partial charge in [-0.2, -0.15) is 0 Å². The molecule has 0 aliphatic heterocycles. The van der Waals surface area contributed by atoms with Crippen molar-refractivity contribution in [2.45, 2.75) is 13.3 Å². The number of rotatable bonds is 4. The van der Waals surface area contributed by atoms with Gasteiger partial charge < -0.3 is 0 Å². The van der Waals surface area contributed by atoms with Gasteiger partial charge in [0.2, 0.25) is 0 Å². The zero-order valence-corrected chi connectivity index (χ0v) is 13.4. The van der Waals surface area contributed by atoms with Crippen molar-refractivity contribution in [3.8, 4) is 11.3 Å². The number of halogens is 1. The average Bonchev–Trinajstić information content (AvgIpc) is 2.99. The van der Waals surface area contributed by atoms with Crippen LogP contribution < -0.4 is 5.32 Å². The van der Waals surface area contributed by atoms with Crippen LogP contribution in [-0.4, -0.2) is 10.9 Å². The molecule has 0 aliphatic rings. The first kappa shape index (κ1) is 15.4. The van der Waals surface area contributed by atoms with Crippen LogP contribution in [0.15, 0.2) is 54.6 Å². The highest BCUT2D eigenvalue weighted by Crippen LogP contribution is 2.31. The van der Waals surface area contributed by atoms with E-state index in [1.165, 1.54) is 35.6 Å². The number of carbonyl (C=O) groups excluding carboxylic acids is 1. The van der Waals surface area contributed by atoms with Gasteiger partial charge in [-0.3, -0.25) is 10.1 Å². The van der Waals surface area contributed by atoms with Crippen LogP contribution in [-0.2, 0) is 6.42 Å². The number of thiazole rings is 1. The lowest BCUT2D eigenvalue weighted by molar-refractivity contribution is 0.102. The van der Waals surface area contributed by atoms with Crippen molar-refractivity contribution < 1.29 is 9.18 Å². The van der Waals surface area contributed by atoms with E-state index in [1.54, 1.807) is 0 Å². The summed E-state index contributed by atoms with van der Waals surface area (Å²) in [4.78, 5) is 17.9. The molecule has 0 radical (unpaired) electrons. The van der Waals surface area contributed by atoms with Gasteiger partial charge in [-0.15, -0.1) is 11.3 Å². The SMILES string of the molecule is CCc1sc(NC(=O)c2ccc(F)cc2)nc1-c1ccccc1. The molecule has 116 valence electrons. The predicted octanol–water partition coefficient (Wildman–Crippen LogP) is 4.76. The van der Waals surface area contributed by atoms with Crippen LogP contribution in [0.5, 0.6) is 0 Å². The van der Waals surface area contributed by atoms with E-state index in [-0.39, 0.29) is 11.7 Å². The van der Waals surface area contributed by atoms with Crippen molar-refractivity contribution in [3.05, 3.63) is 70.9 Å². The number of carbonyl (C=O) groups is 1. The van der Waals surface area contributed by atoms with Gasteiger partial charge in [-0.05, 0) is 30.7 Å². The van der Waals surface area contributed by atoms with Gasteiger partial charge >= 0.3 is 0 Å². The summed E-state index contributed by atoms with van der Waals surface area (Å²) >= 11 is 1.46. The molecule has 0 aliphatic carbocycles. The number of aryl methyl sites for hydroxylation is 1. The Bertz CT molecular complexity index is 813. The van der Waals surface area contributed by atoms with Crippen LogP contribution in [0.2, 0.25) is 0 Å². The molecule has 3 rings (SSSR count). The monoisotopic (exact) mass is 326 g/mol. The Labute approximate surface area is 137 Å². The van der Waals surface area contributed by atoms with E-state index in [0.717, 1.165) is 22.6 Å². The van der Waals surface area contributed by atoms with E-state index in [2.05, 4.69) is 17.2 Å². The number of hydrogen-bond acceptors (Lipinski definition) is 3. The Morgan fingerprint density at radius 3 is 2.48 bits per heavy atom. The Balaban J connectivity index is 1.85. The van der Waals surface area contributed by atoms with Crippen molar-refractivity contribution in [1.29, 1.82) is 0 Å². The average molecular weight is 326 g/mol. The summed E-state index contributed by atoms with van der Waals surface area (Å²) < 4.78 is 12.9. The molecule has 1 amide bonds. The van der Waals surface area contributed by atoms with E-state index >= 15 is 0 Å². The van der Waals surface area contributed by atoms with E-state index in [0.29, 0.717) is 10.7 Å². The smallest absolute Gasteiger partial charge is 0.257 e. The number of benzene rings is 2. The maximum atomic E-state index is 12.9. The Kier molecular flexibility index (Phi) is 4.48. The number of nitrogens with zero attached hydrogens (tertiary/aromatic N) is 1. The van der Waals surface area contributed by atoms with Crippen molar-refractivity contribution >= 4 is 22.4 Å². The van der Waals surface area contributed by atoms with Gasteiger partial charge in [0.25, 0.3) is 5.91 Å². The van der Waals surface area contributed by atoms with Crippen LogP contribution >= 0.6 is 11.3 Å². The van der Waals surface area contributed by atoms with Crippen molar-refractivity contribution in [2.24, 2.45) is 0 Å². The molecule has 3 aromatic rings. The van der Waals surface area contributed by atoms with Gasteiger partial charge in [0, 0.05) is 16.0 Å². The van der Waals surface area contributed by atoms with Gasteiger partial charge in [-0.25, -0.2) is 9.37 Å². The third-order valence-electron chi connectivity index (χ3n) is 3.39. The lowest BCUT2D eigenvalue weighted by atomic mass is 10.1. The molecule has 23 heavy (non-hydrogen) atoms. The molecule has 0 bridgehead atoms. The standard InChI is InChI=1S/C18H15FN2OS/c1-2-15-16(12-6-4-3-5-7-12)20-18(23-15)21-17(22)13-8-10-14(19)11-9-13/h3-11H,2H2,1H3,(H,20,21,22). The van der Waals surface area contributed by atoms with E-state index in [9.17, 15) is 9.18 Å². The molecule has 3 nitrogen and oxygen atoms in total. The second-order valence-corrected chi connectivity index (χ2v) is 6.06. The van der Waals surface area contributed by atoms with Gasteiger partial charge in [0.1, 0.15) is 5.82 Å². The van der Waals surface area contributed by atoms with Crippen LogP contribution in [0.1, 0.15) is 22.2 Å². The molecule has 1 N–H and O–H groups in total. The molecule has 0 saturated heterocycles. The summed E-state index contributed by atoms with van der Waals surface area (Å²) in [6.45, 7) is 2.06. The summed E-state index contributed by atoms with van der Waals surface area (Å²) in [6.07, 6.45) is 0.842. The minimum Gasteiger partial charge on any atom is -0.298 e. The lowest BCUT2D eigenvalue weighted by Gasteiger charge is -2.01. The van der Waals surface area contributed by atoms with E-state index in [4.69, 9.17) is 0 Å². The van der Waals surface area contributed by atoms with Crippen molar-refractivity contribution in [1.82, 2.24) is 4.98 Å². The third-order valence-corrected chi connectivity index (χ3v) is 4.51. The summed E-state index contributed by atoms with van der Waals surface area (Å²) in [6, 6.07) is 15.3. The van der Waals surface area contributed by atoms with Crippen molar-refractivity contribution in [3.63, 3.8) is 0 Å². The number of amides is 1. The first-order valence-corrected chi connectivity index (χ1v) is 8.11. The highest BCUT2D eigenvalue weighted by atomic mass is 32.1. The first-order chi connectivity index (χ1) is 11.2. The van der Waals surface area contributed by atoms with Crippen LogP contribution in [0.3, 0.4) is 0 Å². The van der Waals surface area contributed by atoms with Gasteiger partial charge in [-0.1, -0.05) is 37.3 Å². The molecule has 1 heterocycles. The minimum atomic E-state index is -0.365. The van der Waals surface area contributed by atoms with Gasteiger partial charge in [0.15, 0.2) is 5.13 Å². The molecular weight excluding hydrogens is 311 g/mol. The van der Waals surface area contributed by atoms with Crippen molar-refractivity contribution in [2.75, 3.05) is 5.32 Å². The lowest BCUT2D eigenvalue weighted by Crippen LogP contribution is -2.11. The van der Waals surface area contributed by atoms with Crippen LogP contribution in [0, 0.1) is 5.82 Å². The number of anilines is 1. The molecule has 0 unspecified atom stereocenters. The molecule has 2 aromatic carbocycles.